The van der Waals surface area contributed by atoms with Crippen LogP contribution in [0.4, 0.5) is 0 Å². The maximum Gasteiger partial charge on any atom is 0.154 e. The van der Waals surface area contributed by atoms with Crippen LogP contribution in [0.2, 0.25) is 5.15 Å². The van der Waals surface area contributed by atoms with Crippen LogP contribution in [-0.4, -0.2) is 14.7 Å². The van der Waals surface area contributed by atoms with Gasteiger partial charge in [-0.15, -0.1) is 11.3 Å². The predicted molar refractivity (Wildman–Crippen MR) is 69.5 cm³/mol. The number of nitrogens with zero attached hydrogens (tertiary/aromatic N) is 2. The summed E-state index contributed by atoms with van der Waals surface area (Å²) in [6.45, 7) is 2.06. The van der Waals surface area contributed by atoms with Crippen LogP contribution in [0.5, 0.6) is 0 Å². The zero-order valence-electron chi connectivity index (χ0n) is 9.48. The van der Waals surface area contributed by atoms with Crippen LogP contribution in [0.15, 0.2) is 12.1 Å². The lowest BCUT2D eigenvalue weighted by Crippen LogP contribution is -2.17. The van der Waals surface area contributed by atoms with E-state index >= 15 is 0 Å². The van der Waals surface area contributed by atoms with Gasteiger partial charge in [0.25, 0.3) is 0 Å². The molecule has 1 atom stereocenters. The van der Waals surface area contributed by atoms with E-state index in [0.29, 0.717) is 5.15 Å². The number of imidazole rings is 1. The lowest BCUT2D eigenvalue weighted by molar-refractivity contribution is 0.0807. The number of aliphatic hydroxyl groups is 1. The molecule has 3 nitrogen and oxygen atoms in total. The summed E-state index contributed by atoms with van der Waals surface area (Å²) in [6.07, 6.45) is 2.15. The average molecular weight is 269 g/mol. The molecule has 2 aromatic heterocycles. The van der Waals surface area contributed by atoms with Gasteiger partial charge in [0.05, 0.1) is 10.6 Å². The number of aliphatic hydroxyl groups excluding tert-OH is 1. The minimum atomic E-state index is -0.490. The molecule has 0 amide bonds. The van der Waals surface area contributed by atoms with Crippen LogP contribution in [0, 0.1) is 6.92 Å². The molecule has 0 fully saturated rings. The molecule has 0 bridgehead atoms. The smallest absolute Gasteiger partial charge is 0.154 e. The van der Waals surface area contributed by atoms with Crippen molar-refractivity contribution in [2.75, 3.05) is 0 Å². The van der Waals surface area contributed by atoms with E-state index in [1.807, 2.05) is 10.6 Å². The second kappa shape index (κ2) is 4.12. The first-order chi connectivity index (χ1) is 8.16. The second-order valence-electron chi connectivity index (χ2n) is 4.33. The summed E-state index contributed by atoms with van der Waals surface area (Å²) in [5.74, 6) is 0.801. The van der Waals surface area contributed by atoms with Crippen molar-refractivity contribution in [2.45, 2.75) is 32.4 Å². The first-order valence-corrected chi connectivity index (χ1v) is 6.88. The summed E-state index contributed by atoms with van der Waals surface area (Å²) in [7, 11) is 0. The van der Waals surface area contributed by atoms with E-state index in [9.17, 15) is 5.11 Å². The second-order valence-corrected chi connectivity index (χ2v) is 5.97. The van der Waals surface area contributed by atoms with Gasteiger partial charge in [0.2, 0.25) is 0 Å². The van der Waals surface area contributed by atoms with E-state index in [0.717, 1.165) is 35.7 Å². The van der Waals surface area contributed by atoms with Gasteiger partial charge in [-0.1, -0.05) is 11.6 Å². The minimum absolute atomic E-state index is 0.490. The largest absolute Gasteiger partial charge is 0.373 e. The van der Waals surface area contributed by atoms with Crippen LogP contribution in [0.3, 0.4) is 0 Å². The van der Waals surface area contributed by atoms with Gasteiger partial charge in [0.15, 0.2) is 11.0 Å². The molecular formula is C12H13ClN2OS. The molecular weight excluding hydrogens is 256 g/mol. The SMILES string of the molecule is Cc1ccc(-c2nc(Cl)c3n2C(O)CCC3)s1. The van der Waals surface area contributed by atoms with Crippen molar-refractivity contribution in [3.05, 3.63) is 27.9 Å². The van der Waals surface area contributed by atoms with Gasteiger partial charge < -0.3 is 5.11 Å². The zero-order chi connectivity index (χ0) is 12.0. The van der Waals surface area contributed by atoms with Crippen molar-refractivity contribution >= 4 is 22.9 Å². The normalized spacial score (nSPS) is 19.4. The number of thiophene rings is 1. The minimum Gasteiger partial charge on any atom is -0.373 e. The molecule has 3 heterocycles. The third-order valence-electron chi connectivity index (χ3n) is 3.10. The molecule has 1 N–H and O–H groups in total. The van der Waals surface area contributed by atoms with Crippen LogP contribution in [0.25, 0.3) is 10.7 Å². The maximum absolute atomic E-state index is 10.1. The highest BCUT2D eigenvalue weighted by atomic mass is 35.5. The molecule has 0 saturated heterocycles. The molecule has 0 saturated carbocycles. The Labute approximate surface area is 109 Å². The van der Waals surface area contributed by atoms with Crippen LogP contribution >= 0.6 is 22.9 Å². The van der Waals surface area contributed by atoms with Crippen molar-refractivity contribution in [3.63, 3.8) is 0 Å². The first-order valence-electron chi connectivity index (χ1n) is 5.68. The number of halogens is 1. The molecule has 5 heteroatoms. The number of fused-ring (bicyclic) bond motifs is 1. The topological polar surface area (TPSA) is 38.0 Å². The Hall–Kier alpha value is -0.840. The molecule has 3 rings (SSSR count). The summed E-state index contributed by atoms with van der Waals surface area (Å²) in [6, 6.07) is 4.10. The van der Waals surface area contributed by atoms with E-state index in [1.165, 1.54) is 4.88 Å². The maximum atomic E-state index is 10.1. The van der Waals surface area contributed by atoms with Gasteiger partial charge in [0.1, 0.15) is 6.23 Å². The van der Waals surface area contributed by atoms with Crippen LogP contribution < -0.4 is 0 Å². The Morgan fingerprint density at radius 2 is 2.35 bits per heavy atom. The summed E-state index contributed by atoms with van der Waals surface area (Å²) < 4.78 is 1.89. The fourth-order valence-electron chi connectivity index (χ4n) is 2.29. The molecule has 1 aliphatic rings. The van der Waals surface area contributed by atoms with Gasteiger partial charge in [-0.2, -0.15) is 0 Å². The number of rotatable bonds is 1. The zero-order valence-corrected chi connectivity index (χ0v) is 11.1. The van der Waals surface area contributed by atoms with Crippen molar-refractivity contribution in [1.29, 1.82) is 0 Å². The fourth-order valence-corrected chi connectivity index (χ4v) is 3.41. The Kier molecular flexibility index (Phi) is 2.73. The molecule has 2 aromatic rings. The Morgan fingerprint density at radius 3 is 3.06 bits per heavy atom. The summed E-state index contributed by atoms with van der Waals surface area (Å²) in [5.41, 5.74) is 0.964. The molecule has 17 heavy (non-hydrogen) atoms. The van der Waals surface area contributed by atoms with E-state index < -0.39 is 6.23 Å². The van der Waals surface area contributed by atoms with Gasteiger partial charge in [-0.3, -0.25) is 4.57 Å². The number of hydrogen-bond donors (Lipinski definition) is 1. The standard InChI is InChI=1S/C12H13ClN2OS/c1-7-5-6-9(17-7)12-14-11(13)8-3-2-4-10(16)15(8)12/h5-6,10,16H,2-4H2,1H3. The van der Waals surface area contributed by atoms with Crippen molar-refractivity contribution in [2.24, 2.45) is 0 Å². The Bertz CT molecular complexity index is 561. The number of aromatic nitrogens is 2. The lowest BCUT2D eigenvalue weighted by Gasteiger charge is -2.22. The van der Waals surface area contributed by atoms with Gasteiger partial charge in [-0.05, 0) is 38.3 Å². The summed E-state index contributed by atoms with van der Waals surface area (Å²) in [4.78, 5) is 6.71. The molecule has 0 spiro atoms. The molecule has 0 radical (unpaired) electrons. The average Bonchev–Trinajstić information content (AvgIpc) is 2.85. The van der Waals surface area contributed by atoms with Crippen molar-refractivity contribution in [3.8, 4) is 10.7 Å². The third kappa shape index (κ3) is 1.80. The molecule has 0 aliphatic carbocycles. The van der Waals surface area contributed by atoms with Crippen molar-refractivity contribution in [1.82, 2.24) is 9.55 Å². The third-order valence-corrected chi connectivity index (χ3v) is 4.40. The molecule has 90 valence electrons. The summed E-state index contributed by atoms with van der Waals surface area (Å²) >= 11 is 7.82. The number of aryl methyl sites for hydroxylation is 1. The highest BCUT2D eigenvalue weighted by Gasteiger charge is 2.25. The van der Waals surface area contributed by atoms with E-state index in [1.54, 1.807) is 11.3 Å². The first kappa shape index (κ1) is 11.3. The Balaban J connectivity index is 2.18. The fraction of sp³-hybridized carbons (Fsp3) is 0.417. The quantitative estimate of drug-likeness (QED) is 0.861. The lowest BCUT2D eigenvalue weighted by atomic mass is 10.1. The van der Waals surface area contributed by atoms with Crippen molar-refractivity contribution < 1.29 is 5.11 Å². The Morgan fingerprint density at radius 1 is 1.53 bits per heavy atom. The van der Waals surface area contributed by atoms with E-state index in [4.69, 9.17) is 11.6 Å². The van der Waals surface area contributed by atoms with E-state index in [-0.39, 0.29) is 0 Å². The molecule has 1 unspecified atom stereocenters. The monoisotopic (exact) mass is 268 g/mol. The van der Waals surface area contributed by atoms with Crippen LogP contribution in [0.1, 0.15) is 29.6 Å². The van der Waals surface area contributed by atoms with E-state index in [2.05, 4.69) is 18.0 Å². The summed E-state index contributed by atoms with van der Waals surface area (Å²) in [5, 5.41) is 10.6. The van der Waals surface area contributed by atoms with Gasteiger partial charge >= 0.3 is 0 Å². The van der Waals surface area contributed by atoms with Crippen LogP contribution in [-0.2, 0) is 6.42 Å². The molecule has 1 aliphatic heterocycles. The highest BCUT2D eigenvalue weighted by molar-refractivity contribution is 7.15. The van der Waals surface area contributed by atoms with Gasteiger partial charge in [-0.25, -0.2) is 4.98 Å². The predicted octanol–water partition coefficient (Wildman–Crippen LogP) is 3.40. The number of hydrogen-bond acceptors (Lipinski definition) is 3. The molecule has 0 aromatic carbocycles. The van der Waals surface area contributed by atoms with Gasteiger partial charge in [0, 0.05) is 4.88 Å². The highest BCUT2D eigenvalue weighted by Crippen LogP contribution is 2.36.